The topological polar surface area (TPSA) is 124 Å². The van der Waals surface area contributed by atoms with Gasteiger partial charge in [-0.05, 0) is 19.1 Å². The van der Waals surface area contributed by atoms with Crippen LogP contribution in [0.1, 0.15) is 35.4 Å². The Morgan fingerprint density at radius 1 is 1.32 bits per heavy atom. The van der Waals surface area contributed by atoms with E-state index >= 15 is 0 Å². The lowest BCUT2D eigenvalue weighted by Crippen LogP contribution is -2.49. The maximum atomic E-state index is 13.2. The molecule has 34 heavy (non-hydrogen) atoms. The van der Waals surface area contributed by atoms with Crippen LogP contribution in [0.25, 0.3) is 0 Å². The zero-order chi connectivity index (χ0) is 31.9. The standard InChI is InChI=1S/C21H23F3N6O4/c1-14(34-16-12-27-28-20(32)19(16)21(22,23)24)13-33-9-4-18(31)30-7-5-29(6-8-30)17-3-2-15(10-25)11-26-17/h2-3,11-12,14H,4-9,13H2,1H3,(H,28,32)/t14-/m0/s1/i5D2,6D2,7D2,8D2. The van der Waals surface area contributed by atoms with Gasteiger partial charge in [0.1, 0.15) is 18.0 Å². The molecule has 3 heterocycles. The van der Waals surface area contributed by atoms with Gasteiger partial charge in [0.25, 0.3) is 5.56 Å². The van der Waals surface area contributed by atoms with E-state index < -0.39 is 86.5 Å². The number of nitrogens with zero attached hydrogens (tertiary/aromatic N) is 5. The lowest BCUT2D eigenvalue weighted by Gasteiger charge is -2.35. The fraction of sp³-hybridized carbons (Fsp3) is 0.476. The van der Waals surface area contributed by atoms with Crippen LogP contribution in [0.3, 0.4) is 0 Å². The Hall–Kier alpha value is -3.66. The molecule has 1 atom stereocenters. The van der Waals surface area contributed by atoms with Gasteiger partial charge in [-0.15, -0.1) is 0 Å². The average molecular weight is 488 g/mol. The summed E-state index contributed by atoms with van der Waals surface area (Å²) in [5.74, 6) is -2.79. The Bertz CT molecular complexity index is 1390. The third-order valence-corrected chi connectivity index (χ3v) is 4.15. The molecule has 3 rings (SSSR count). The minimum atomic E-state index is -5.05. The number of piperazine rings is 1. The van der Waals surface area contributed by atoms with Crippen LogP contribution in [-0.2, 0) is 15.7 Å². The molecule has 0 unspecified atom stereocenters. The second kappa shape index (κ2) is 11.0. The van der Waals surface area contributed by atoms with Gasteiger partial charge in [0.05, 0.1) is 42.4 Å². The van der Waals surface area contributed by atoms with E-state index in [0.717, 1.165) is 18.3 Å². The van der Waals surface area contributed by atoms with Crippen LogP contribution in [0.5, 0.6) is 5.75 Å². The Labute approximate surface area is 204 Å². The number of carbonyl (C=O) groups excluding carboxylic acids is 1. The van der Waals surface area contributed by atoms with Crippen molar-refractivity contribution < 1.29 is 38.4 Å². The number of anilines is 1. The first-order chi connectivity index (χ1) is 19.2. The molecule has 182 valence electrons. The number of hydrogen-bond acceptors (Lipinski definition) is 8. The van der Waals surface area contributed by atoms with Crippen molar-refractivity contribution in [1.82, 2.24) is 20.1 Å². The lowest BCUT2D eigenvalue weighted by molar-refractivity contribution is -0.141. The van der Waals surface area contributed by atoms with Crippen LogP contribution in [-0.4, -0.2) is 71.3 Å². The van der Waals surface area contributed by atoms with Crippen LogP contribution >= 0.6 is 0 Å². The predicted octanol–water partition coefficient (Wildman–Crippen LogP) is 1.58. The van der Waals surface area contributed by atoms with Crippen LogP contribution < -0.4 is 15.2 Å². The number of halogens is 3. The van der Waals surface area contributed by atoms with Crippen molar-refractivity contribution in [2.75, 3.05) is 44.1 Å². The Morgan fingerprint density at radius 2 is 2.06 bits per heavy atom. The van der Waals surface area contributed by atoms with Gasteiger partial charge in [-0.25, -0.2) is 10.1 Å². The van der Waals surface area contributed by atoms with Crippen molar-refractivity contribution in [3.63, 3.8) is 0 Å². The maximum Gasteiger partial charge on any atom is 0.425 e. The number of pyridine rings is 1. The number of carbonyl (C=O) groups is 1. The third kappa shape index (κ3) is 6.44. The van der Waals surface area contributed by atoms with Gasteiger partial charge in [0.2, 0.25) is 5.91 Å². The number of rotatable bonds is 8. The SMILES string of the molecule is [2H]C1([2H])N(C(=O)CCOC[C@H](C)Oc2cn[nH]c(=O)c2C(F)(F)F)C([2H])([2H])C([2H])([2H])N(c2ccc(C#N)cn2)C1([2H])[2H]. The summed E-state index contributed by atoms with van der Waals surface area (Å²) in [6, 6.07) is 3.91. The molecule has 10 nitrogen and oxygen atoms in total. The van der Waals surface area contributed by atoms with Crippen molar-refractivity contribution in [3.05, 3.63) is 46.0 Å². The second-order valence-electron chi connectivity index (χ2n) is 6.72. The quantitative estimate of drug-likeness (QED) is 0.556. The van der Waals surface area contributed by atoms with E-state index in [1.54, 1.807) is 11.2 Å². The highest BCUT2D eigenvalue weighted by Crippen LogP contribution is 2.33. The average Bonchev–Trinajstić information content (AvgIpc) is 2.85. The van der Waals surface area contributed by atoms with Gasteiger partial charge >= 0.3 is 6.18 Å². The molecule has 1 aliphatic rings. The Morgan fingerprint density at radius 3 is 2.68 bits per heavy atom. The molecule has 0 saturated carbocycles. The van der Waals surface area contributed by atoms with E-state index in [1.165, 1.54) is 6.92 Å². The number of ether oxygens (including phenoxy) is 2. The number of amides is 1. The van der Waals surface area contributed by atoms with Crippen LogP contribution in [0.2, 0.25) is 0 Å². The first kappa shape index (κ1) is 16.0. The molecular formula is C21H23F3N6O4. The zero-order valence-corrected chi connectivity index (χ0v) is 17.5. The van der Waals surface area contributed by atoms with Gasteiger partial charge in [0, 0.05) is 32.2 Å². The molecule has 1 amide bonds. The first-order valence-corrected chi connectivity index (χ1v) is 9.60. The molecule has 0 aromatic carbocycles. The van der Waals surface area contributed by atoms with Crippen molar-refractivity contribution in [3.8, 4) is 11.8 Å². The highest BCUT2D eigenvalue weighted by molar-refractivity contribution is 5.76. The molecule has 1 fully saturated rings. The summed E-state index contributed by atoms with van der Waals surface area (Å²) >= 11 is 0. The summed E-state index contributed by atoms with van der Waals surface area (Å²) in [4.78, 5) is 28.3. The Balaban J connectivity index is 1.74. The van der Waals surface area contributed by atoms with E-state index in [9.17, 15) is 22.8 Å². The lowest BCUT2D eigenvalue weighted by atomic mass is 10.2. The fourth-order valence-corrected chi connectivity index (χ4v) is 2.59. The summed E-state index contributed by atoms with van der Waals surface area (Å²) < 4.78 is 117. The molecule has 1 saturated heterocycles. The smallest absolute Gasteiger partial charge is 0.425 e. The number of nitrogens with one attached hydrogen (secondary N) is 1. The first-order valence-electron chi connectivity index (χ1n) is 13.6. The molecule has 0 aliphatic carbocycles. The zero-order valence-electron chi connectivity index (χ0n) is 25.5. The number of aromatic nitrogens is 3. The highest BCUT2D eigenvalue weighted by atomic mass is 19.4. The van der Waals surface area contributed by atoms with Crippen LogP contribution in [0.4, 0.5) is 19.0 Å². The largest absolute Gasteiger partial charge is 0.486 e. The van der Waals surface area contributed by atoms with E-state index in [2.05, 4.69) is 10.1 Å². The van der Waals surface area contributed by atoms with Crippen LogP contribution in [0, 0.1) is 11.3 Å². The van der Waals surface area contributed by atoms with E-state index in [4.69, 9.17) is 25.7 Å². The highest BCUT2D eigenvalue weighted by Gasteiger charge is 2.38. The number of aromatic amines is 1. The van der Waals surface area contributed by atoms with Gasteiger partial charge < -0.3 is 19.3 Å². The van der Waals surface area contributed by atoms with Gasteiger partial charge in [-0.2, -0.15) is 23.5 Å². The number of hydrogen-bond donors (Lipinski definition) is 1. The molecular weight excluding hydrogens is 457 g/mol. The van der Waals surface area contributed by atoms with Crippen LogP contribution in [0.15, 0.2) is 29.3 Å². The van der Waals surface area contributed by atoms with Crippen molar-refractivity contribution >= 4 is 11.7 Å². The monoisotopic (exact) mass is 488 g/mol. The van der Waals surface area contributed by atoms with Crippen molar-refractivity contribution in [2.24, 2.45) is 0 Å². The summed E-state index contributed by atoms with van der Waals surface area (Å²) in [6.07, 6.45) is -5.35. The minimum Gasteiger partial charge on any atom is -0.486 e. The number of H-pyrrole nitrogens is 1. The number of nitriles is 1. The molecule has 1 aliphatic heterocycles. The minimum absolute atomic E-state index is 0.0225. The van der Waals surface area contributed by atoms with E-state index in [-0.39, 0.29) is 15.4 Å². The molecule has 0 spiro atoms. The molecule has 13 heteroatoms. The van der Waals surface area contributed by atoms with E-state index in [1.807, 2.05) is 0 Å². The van der Waals surface area contributed by atoms with E-state index in [0.29, 0.717) is 6.20 Å². The molecule has 0 bridgehead atoms. The third-order valence-electron chi connectivity index (χ3n) is 4.15. The summed E-state index contributed by atoms with van der Waals surface area (Å²) in [5.41, 5.74) is -3.13. The second-order valence-corrected chi connectivity index (χ2v) is 6.72. The van der Waals surface area contributed by atoms with Gasteiger partial charge in [0.15, 0.2) is 11.3 Å². The summed E-state index contributed by atoms with van der Waals surface area (Å²) in [6.45, 7) is -13.5. The fourth-order valence-electron chi connectivity index (χ4n) is 2.59. The number of alkyl halides is 3. The normalized spacial score (nSPS) is 24.4. The molecule has 2 aromatic heterocycles. The van der Waals surface area contributed by atoms with Crippen molar-refractivity contribution in [2.45, 2.75) is 25.6 Å². The molecule has 2 aromatic rings. The summed E-state index contributed by atoms with van der Waals surface area (Å²) in [5, 5.41) is 13.9. The van der Waals surface area contributed by atoms with Gasteiger partial charge in [-0.3, -0.25) is 9.59 Å². The van der Waals surface area contributed by atoms with Crippen molar-refractivity contribution in [1.29, 1.82) is 5.26 Å². The molecule has 0 radical (unpaired) electrons. The predicted molar refractivity (Wildman–Crippen MR) is 113 cm³/mol. The maximum absolute atomic E-state index is 13.2. The van der Waals surface area contributed by atoms with Gasteiger partial charge in [-0.1, -0.05) is 0 Å². The Kier molecular flexibility index (Phi) is 5.18. The summed E-state index contributed by atoms with van der Waals surface area (Å²) in [7, 11) is 0. The molecule has 1 N–H and O–H groups in total.